The zero-order valence-electron chi connectivity index (χ0n) is 22.0. The summed E-state index contributed by atoms with van der Waals surface area (Å²) in [6.07, 6.45) is 1.23. The van der Waals surface area contributed by atoms with E-state index in [1.807, 2.05) is 36.4 Å². The van der Waals surface area contributed by atoms with Gasteiger partial charge in [0.05, 0.1) is 17.3 Å². The average molecular weight is 549 g/mol. The number of hydrogen-bond acceptors (Lipinski definition) is 7. The lowest BCUT2D eigenvalue weighted by atomic mass is 9.98. The SMILES string of the molecule is Cn1ncc2c1CCN(C(=O)OCC1c3ccccc3-c3ccccc31)C2C(=O)ON1C(=O)c2ccccc2C1=O. The molecule has 0 N–H and O–H groups in total. The molecule has 3 heterocycles. The zero-order valence-corrected chi connectivity index (χ0v) is 22.0. The summed E-state index contributed by atoms with van der Waals surface area (Å²) < 4.78 is 7.48. The number of hydroxylamine groups is 2. The second-order valence-electron chi connectivity index (χ2n) is 10.2. The third-order valence-electron chi connectivity index (χ3n) is 8.02. The average Bonchev–Trinajstić information content (AvgIpc) is 3.62. The van der Waals surface area contributed by atoms with E-state index in [2.05, 4.69) is 17.2 Å². The normalized spacial score (nSPS) is 17.1. The topological polar surface area (TPSA) is 111 Å². The van der Waals surface area contributed by atoms with Gasteiger partial charge in [-0.15, -0.1) is 0 Å². The van der Waals surface area contributed by atoms with Crippen LogP contribution in [0, 0.1) is 0 Å². The fourth-order valence-corrected chi connectivity index (χ4v) is 6.06. The molecule has 0 saturated carbocycles. The molecule has 1 aromatic heterocycles. The summed E-state index contributed by atoms with van der Waals surface area (Å²) in [5, 5.41) is 4.71. The predicted octanol–water partition coefficient (Wildman–Crippen LogP) is 4.02. The lowest BCUT2D eigenvalue weighted by Crippen LogP contribution is -2.46. The number of aromatic nitrogens is 2. The first-order chi connectivity index (χ1) is 19.9. The summed E-state index contributed by atoms with van der Waals surface area (Å²) in [7, 11) is 1.74. The van der Waals surface area contributed by atoms with Crippen molar-refractivity contribution in [1.82, 2.24) is 19.7 Å². The number of carbonyl (C=O) groups is 4. The van der Waals surface area contributed by atoms with Crippen molar-refractivity contribution in [2.45, 2.75) is 18.4 Å². The number of hydrogen-bond donors (Lipinski definition) is 0. The van der Waals surface area contributed by atoms with Gasteiger partial charge in [-0.3, -0.25) is 19.2 Å². The van der Waals surface area contributed by atoms with Crippen LogP contribution in [-0.4, -0.2) is 56.8 Å². The highest BCUT2D eigenvalue weighted by Crippen LogP contribution is 2.44. The third kappa shape index (κ3) is 3.82. The molecule has 41 heavy (non-hydrogen) atoms. The Hall–Kier alpha value is -5.25. The first-order valence-corrected chi connectivity index (χ1v) is 13.3. The molecule has 0 radical (unpaired) electrons. The van der Waals surface area contributed by atoms with Gasteiger partial charge in [-0.05, 0) is 34.4 Å². The van der Waals surface area contributed by atoms with E-state index in [4.69, 9.17) is 9.57 Å². The van der Waals surface area contributed by atoms with Gasteiger partial charge < -0.3 is 9.57 Å². The first kappa shape index (κ1) is 24.8. The molecule has 0 fully saturated rings. The maximum absolute atomic E-state index is 13.6. The van der Waals surface area contributed by atoms with Gasteiger partial charge in [0, 0.05) is 37.2 Å². The second-order valence-corrected chi connectivity index (χ2v) is 10.2. The van der Waals surface area contributed by atoms with E-state index in [0.717, 1.165) is 27.9 Å². The zero-order chi connectivity index (χ0) is 28.2. The fourth-order valence-electron chi connectivity index (χ4n) is 6.06. The van der Waals surface area contributed by atoms with Crippen molar-refractivity contribution in [3.8, 4) is 11.1 Å². The van der Waals surface area contributed by atoms with Crippen LogP contribution >= 0.6 is 0 Å². The Morgan fingerprint density at radius 1 is 0.829 bits per heavy atom. The minimum absolute atomic E-state index is 0.0728. The van der Waals surface area contributed by atoms with E-state index in [1.165, 1.54) is 23.2 Å². The maximum atomic E-state index is 13.6. The molecule has 204 valence electrons. The van der Waals surface area contributed by atoms with Gasteiger partial charge in [0.1, 0.15) is 6.61 Å². The van der Waals surface area contributed by atoms with Crippen molar-refractivity contribution >= 4 is 23.9 Å². The van der Waals surface area contributed by atoms with Crippen molar-refractivity contribution in [3.63, 3.8) is 0 Å². The summed E-state index contributed by atoms with van der Waals surface area (Å²) >= 11 is 0. The molecule has 3 amide bonds. The van der Waals surface area contributed by atoms with E-state index >= 15 is 0 Å². The van der Waals surface area contributed by atoms with Crippen LogP contribution < -0.4 is 0 Å². The largest absolute Gasteiger partial charge is 0.448 e. The van der Waals surface area contributed by atoms with Crippen LogP contribution in [0.25, 0.3) is 11.1 Å². The van der Waals surface area contributed by atoms with Crippen LogP contribution in [0.3, 0.4) is 0 Å². The Morgan fingerprint density at radius 2 is 1.39 bits per heavy atom. The lowest BCUT2D eigenvalue weighted by molar-refractivity contribution is -0.175. The molecular formula is C31H24N4O6. The minimum atomic E-state index is -1.26. The Morgan fingerprint density at radius 3 is 2.00 bits per heavy atom. The lowest BCUT2D eigenvalue weighted by Gasteiger charge is -2.34. The highest BCUT2D eigenvalue weighted by molar-refractivity contribution is 6.21. The van der Waals surface area contributed by atoms with E-state index in [1.54, 1.807) is 23.9 Å². The molecule has 2 aliphatic heterocycles. The highest BCUT2D eigenvalue weighted by atomic mass is 16.7. The van der Waals surface area contributed by atoms with Gasteiger partial charge >= 0.3 is 12.1 Å². The van der Waals surface area contributed by atoms with E-state index in [0.29, 0.717) is 17.0 Å². The Bertz CT molecular complexity index is 1680. The third-order valence-corrected chi connectivity index (χ3v) is 8.02. The molecule has 0 spiro atoms. The second kappa shape index (κ2) is 9.44. The fraction of sp³-hybridized carbons (Fsp3) is 0.194. The number of fused-ring (bicyclic) bond motifs is 5. The number of nitrogens with zero attached hydrogens (tertiary/aromatic N) is 4. The quantitative estimate of drug-likeness (QED) is 0.354. The molecular weight excluding hydrogens is 524 g/mol. The Balaban J connectivity index is 1.14. The van der Waals surface area contributed by atoms with Gasteiger partial charge in [-0.25, -0.2) is 9.59 Å². The van der Waals surface area contributed by atoms with E-state index < -0.39 is 29.9 Å². The van der Waals surface area contributed by atoms with Crippen molar-refractivity contribution in [1.29, 1.82) is 0 Å². The molecule has 4 aromatic rings. The van der Waals surface area contributed by atoms with Gasteiger partial charge in [0.15, 0.2) is 6.04 Å². The standard InChI is InChI=1S/C31H24N4O6/c1-33-26-14-15-34(31(39)40-17-25-20-10-4-2-8-18(20)19-9-3-5-11-21(19)25)27(24(26)16-32-33)30(38)41-35-28(36)22-12-6-7-13-23(22)29(35)37/h2-13,16,25,27H,14-15,17H2,1H3. The van der Waals surface area contributed by atoms with Crippen LogP contribution in [-0.2, 0) is 27.8 Å². The summed E-state index contributed by atoms with van der Waals surface area (Å²) in [5.74, 6) is -2.60. The number of carbonyl (C=O) groups excluding carboxylic acids is 4. The summed E-state index contributed by atoms with van der Waals surface area (Å²) in [4.78, 5) is 59.5. The monoisotopic (exact) mass is 548 g/mol. The minimum Gasteiger partial charge on any atom is -0.448 e. The van der Waals surface area contributed by atoms with Crippen LogP contribution in [0.1, 0.15) is 55.1 Å². The molecule has 0 saturated heterocycles. The molecule has 10 nitrogen and oxygen atoms in total. The molecule has 1 aliphatic carbocycles. The number of ether oxygens (including phenoxy) is 1. The number of amides is 3. The van der Waals surface area contributed by atoms with Crippen LogP contribution in [0.2, 0.25) is 0 Å². The van der Waals surface area contributed by atoms with Gasteiger partial charge in [-0.1, -0.05) is 65.7 Å². The van der Waals surface area contributed by atoms with Gasteiger partial charge in [0.25, 0.3) is 11.8 Å². The van der Waals surface area contributed by atoms with Crippen molar-refractivity contribution in [2.24, 2.45) is 7.05 Å². The molecule has 10 heteroatoms. The molecule has 1 unspecified atom stereocenters. The summed E-state index contributed by atoms with van der Waals surface area (Å²) in [5.41, 5.74) is 5.82. The first-order valence-electron chi connectivity index (χ1n) is 13.3. The van der Waals surface area contributed by atoms with E-state index in [9.17, 15) is 19.2 Å². The number of benzene rings is 3. The molecule has 7 rings (SSSR count). The number of rotatable bonds is 4. The molecule has 0 bridgehead atoms. The van der Waals surface area contributed by atoms with Crippen LogP contribution in [0.5, 0.6) is 0 Å². The Kier molecular flexibility index (Phi) is 5.70. The molecule has 3 aromatic carbocycles. The van der Waals surface area contributed by atoms with Crippen LogP contribution in [0.4, 0.5) is 4.79 Å². The van der Waals surface area contributed by atoms with Crippen LogP contribution in [0.15, 0.2) is 79.0 Å². The smallest absolute Gasteiger partial charge is 0.410 e. The maximum Gasteiger partial charge on any atom is 0.410 e. The van der Waals surface area contributed by atoms with Gasteiger partial charge in [-0.2, -0.15) is 5.10 Å². The number of aryl methyl sites for hydroxylation is 1. The predicted molar refractivity (Wildman–Crippen MR) is 144 cm³/mol. The summed E-state index contributed by atoms with van der Waals surface area (Å²) in [6.45, 7) is 0.231. The highest BCUT2D eigenvalue weighted by Gasteiger charge is 2.45. The van der Waals surface area contributed by atoms with Gasteiger partial charge in [0.2, 0.25) is 0 Å². The molecule has 1 atom stereocenters. The van der Waals surface area contributed by atoms with Crippen molar-refractivity contribution in [2.75, 3.05) is 13.2 Å². The molecule has 3 aliphatic rings. The van der Waals surface area contributed by atoms with E-state index in [-0.39, 0.29) is 30.2 Å². The summed E-state index contributed by atoms with van der Waals surface area (Å²) in [6, 6.07) is 21.0. The van der Waals surface area contributed by atoms with Crippen molar-refractivity contribution in [3.05, 3.63) is 113 Å². The Labute approximate surface area is 234 Å². The number of imide groups is 1. The van der Waals surface area contributed by atoms with Crippen molar-refractivity contribution < 1.29 is 28.8 Å².